The number of nitrogens with two attached hydrogens (primary N) is 1. The lowest BCUT2D eigenvalue weighted by atomic mass is 10.1. The summed E-state index contributed by atoms with van der Waals surface area (Å²) >= 11 is 0. The third-order valence-electron chi connectivity index (χ3n) is 4.16. The van der Waals surface area contributed by atoms with Crippen molar-refractivity contribution in [2.24, 2.45) is 0 Å². The zero-order valence-electron chi connectivity index (χ0n) is 14.2. The van der Waals surface area contributed by atoms with Crippen LogP contribution >= 0.6 is 0 Å². The molecule has 0 atom stereocenters. The van der Waals surface area contributed by atoms with Crippen LogP contribution in [0.5, 0.6) is 0 Å². The monoisotopic (exact) mass is 316 g/mol. The molecule has 3 rings (SSSR count). The Morgan fingerprint density at radius 2 is 1.08 bits per heavy atom. The van der Waals surface area contributed by atoms with Gasteiger partial charge in [-0.2, -0.15) is 0 Å². The summed E-state index contributed by atoms with van der Waals surface area (Å²) in [5, 5.41) is 0. The number of hydrogen-bond acceptors (Lipinski definition) is 2. The van der Waals surface area contributed by atoms with E-state index < -0.39 is 0 Å². The Labute approximate surface area is 144 Å². The second-order valence-electron chi connectivity index (χ2n) is 6.36. The highest BCUT2D eigenvalue weighted by Crippen LogP contribution is 2.15. The molecular weight excluding hydrogens is 292 g/mol. The van der Waals surface area contributed by atoms with E-state index in [1.54, 1.807) is 0 Å². The van der Waals surface area contributed by atoms with Crippen LogP contribution < -0.4 is 5.73 Å². The first-order valence-corrected chi connectivity index (χ1v) is 8.35. The van der Waals surface area contributed by atoms with Gasteiger partial charge < -0.3 is 5.73 Å². The Morgan fingerprint density at radius 1 is 0.625 bits per heavy atom. The first-order valence-electron chi connectivity index (χ1n) is 8.35. The normalized spacial score (nSPS) is 10.9. The lowest BCUT2D eigenvalue weighted by Crippen LogP contribution is -2.22. The SMILES string of the molecule is Cc1ccc(CN(Cc2ccccc2)Cc2ccc(N)cc2)cc1. The fraction of sp³-hybridized carbons (Fsp3) is 0.182. The zero-order valence-corrected chi connectivity index (χ0v) is 14.2. The van der Waals surface area contributed by atoms with E-state index in [9.17, 15) is 0 Å². The Hall–Kier alpha value is -2.58. The Morgan fingerprint density at radius 3 is 1.62 bits per heavy atom. The third-order valence-corrected chi connectivity index (χ3v) is 4.16. The van der Waals surface area contributed by atoms with Crippen molar-refractivity contribution in [3.8, 4) is 0 Å². The Bertz CT molecular complexity index is 699. The quantitative estimate of drug-likeness (QED) is 0.663. The van der Waals surface area contributed by atoms with Gasteiger partial charge in [0.1, 0.15) is 0 Å². The summed E-state index contributed by atoms with van der Waals surface area (Å²) in [6.07, 6.45) is 0. The van der Waals surface area contributed by atoms with Gasteiger partial charge in [0.2, 0.25) is 0 Å². The maximum atomic E-state index is 5.81. The molecule has 0 aliphatic carbocycles. The van der Waals surface area contributed by atoms with Crippen LogP contribution in [0.15, 0.2) is 78.9 Å². The van der Waals surface area contributed by atoms with E-state index in [1.807, 2.05) is 12.1 Å². The summed E-state index contributed by atoms with van der Waals surface area (Å²) in [5.74, 6) is 0. The Kier molecular flexibility index (Phi) is 5.29. The minimum absolute atomic E-state index is 0.812. The standard InChI is InChI=1S/C22H24N2/c1-18-7-9-20(10-8-18)16-24(15-19-5-3-2-4-6-19)17-21-11-13-22(23)14-12-21/h2-14H,15-17,23H2,1H3. The molecule has 0 radical (unpaired) electrons. The molecule has 0 aliphatic rings. The minimum Gasteiger partial charge on any atom is -0.399 e. The average molecular weight is 316 g/mol. The number of hydrogen-bond donors (Lipinski definition) is 1. The molecule has 0 unspecified atom stereocenters. The van der Waals surface area contributed by atoms with Crippen LogP contribution in [0.25, 0.3) is 0 Å². The van der Waals surface area contributed by atoms with E-state index in [4.69, 9.17) is 5.73 Å². The lowest BCUT2D eigenvalue weighted by molar-refractivity contribution is 0.247. The number of rotatable bonds is 6. The van der Waals surface area contributed by atoms with Gasteiger partial charge >= 0.3 is 0 Å². The molecular formula is C22H24N2. The van der Waals surface area contributed by atoms with E-state index in [2.05, 4.69) is 78.6 Å². The number of nitrogens with zero attached hydrogens (tertiary/aromatic N) is 1. The highest BCUT2D eigenvalue weighted by Gasteiger charge is 2.08. The summed E-state index contributed by atoms with van der Waals surface area (Å²) in [4.78, 5) is 2.46. The van der Waals surface area contributed by atoms with Crippen molar-refractivity contribution < 1.29 is 0 Å². The summed E-state index contributed by atoms with van der Waals surface area (Å²) in [7, 11) is 0. The molecule has 24 heavy (non-hydrogen) atoms. The topological polar surface area (TPSA) is 29.3 Å². The molecule has 0 fully saturated rings. The minimum atomic E-state index is 0.812. The molecule has 0 saturated carbocycles. The fourth-order valence-corrected chi connectivity index (χ4v) is 2.84. The molecule has 2 N–H and O–H groups in total. The van der Waals surface area contributed by atoms with Crippen LogP contribution in [-0.2, 0) is 19.6 Å². The molecule has 0 aromatic heterocycles. The van der Waals surface area contributed by atoms with Crippen molar-refractivity contribution >= 4 is 5.69 Å². The van der Waals surface area contributed by atoms with Gasteiger partial charge in [-0.25, -0.2) is 0 Å². The van der Waals surface area contributed by atoms with Gasteiger partial charge in [0.05, 0.1) is 0 Å². The van der Waals surface area contributed by atoms with Crippen molar-refractivity contribution in [2.75, 3.05) is 5.73 Å². The average Bonchev–Trinajstić information content (AvgIpc) is 2.60. The zero-order chi connectivity index (χ0) is 16.8. The van der Waals surface area contributed by atoms with Crippen molar-refractivity contribution in [1.29, 1.82) is 0 Å². The molecule has 0 saturated heterocycles. The van der Waals surface area contributed by atoms with Crippen molar-refractivity contribution in [1.82, 2.24) is 4.90 Å². The molecule has 0 spiro atoms. The summed E-state index contributed by atoms with van der Waals surface area (Å²) in [6.45, 7) is 4.89. The highest BCUT2D eigenvalue weighted by atomic mass is 15.1. The molecule has 0 aliphatic heterocycles. The van der Waals surface area contributed by atoms with Crippen LogP contribution in [0, 0.1) is 6.92 Å². The number of anilines is 1. The highest BCUT2D eigenvalue weighted by molar-refractivity contribution is 5.39. The molecule has 2 nitrogen and oxygen atoms in total. The second kappa shape index (κ2) is 7.80. The maximum absolute atomic E-state index is 5.81. The molecule has 122 valence electrons. The van der Waals surface area contributed by atoms with E-state index in [-0.39, 0.29) is 0 Å². The van der Waals surface area contributed by atoms with Crippen LogP contribution in [0.1, 0.15) is 22.3 Å². The number of aryl methyl sites for hydroxylation is 1. The third kappa shape index (κ3) is 4.71. The van der Waals surface area contributed by atoms with Gasteiger partial charge in [-0.15, -0.1) is 0 Å². The van der Waals surface area contributed by atoms with Crippen LogP contribution in [0.2, 0.25) is 0 Å². The first-order chi connectivity index (χ1) is 11.7. The van der Waals surface area contributed by atoms with E-state index in [0.717, 1.165) is 25.3 Å². The fourth-order valence-electron chi connectivity index (χ4n) is 2.84. The van der Waals surface area contributed by atoms with Gasteiger partial charge in [0.25, 0.3) is 0 Å². The van der Waals surface area contributed by atoms with E-state index in [1.165, 1.54) is 22.3 Å². The molecule has 0 bridgehead atoms. The first kappa shape index (κ1) is 16.3. The van der Waals surface area contributed by atoms with Crippen LogP contribution in [-0.4, -0.2) is 4.90 Å². The van der Waals surface area contributed by atoms with E-state index in [0.29, 0.717) is 0 Å². The summed E-state index contributed by atoms with van der Waals surface area (Å²) in [6, 6.07) is 27.6. The number of nitrogen functional groups attached to an aromatic ring is 1. The molecule has 0 heterocycles. The van der Waals surface area contributed by atoms with Gasteiger partial charge in [-0.05, 0) is 35.7 Å². The van der Waals surface area contributed by atoms with Crippen molar-refractivity contribution in [2.45, 2.75) is 26.6 Å². The summed E-state index contributed by atoms with van der Waals surface area (Å²) < 4.78 is 0. The molecule has 3 aromatic rings. The van der Waals surface area contributed by atoms with Gasteiger partial charge in [-0.3, -0.25) is 4.90 Å². The lowest BCUT2D eigenvalue weighted by Gasteiger charge is -2.23. The van der Waals surface area contributed by atoms with Gasteiger partial charge in [-0.1, -0.05) is 72.3 Å². The van der Waals surface area contributed by atoms with Gasteiger partial charge in [0.15, 0.2) is 0 Å². The largest absolute Gasteiger partial charge is 0.399 e. The predicted molar refractivity (Wildman–Crippen MR) is 101 cm³/mol. The van der Waals surface area contributed by atoms with Crippen LogP contribution in [0.3, 0.4) is 0 Å². The Balaban J connectivity index is 1.76. The second-order valence-corrected chi connectivity index (χ2v) is 6.36. The van der Waals surface area contributed by atoms with E-state index >= 15 is 0 Å². The maximum Gasteiger partial charge on any atom is 0.0314 e. The van der Waals surface area contributed by atoms with Gasteiger partial charge in [0, 0.05) is 25.3 Å². The summed E-state index contributed by atoms with van der Waals surface area (Å²) in [5.41, 5.74) is 11.9. The van der Waals surface area contributed by atoms with Crippen molar-refractivity contribution in [3.63, 3.8) is 0 Å². The predicted octanol–water partition coefficient (Wildman–Crippen LogP) is 4.78. The molecule has 3 aromatic carbocycles. The smallest absolute Gasteiger partial charge is 0.0314 e. The number of benzene rings is 3. The van der Waals surface area contributed by atoms with Crippen molar-refractivity contribution in [3.05, 3.63) is 101 Å². The van der Waals surface area contributed by atoms with Crippen LogP contribution in [0.4, 0.5) is 5.69 Å². The molecule has 0 amide bonds. The molecule has 2 heteroatoms.